The molecule has 0 atom stereocenters. The van der Waals surface area contributed by atoms with Gasteiger partial charge in [0, 0.05) is 14.3 Å². The molecule has 0 spiro atoms. The number of pyridine rings is 1. The molecule has 0 aliphatic carbocycles. The fraction of sp³-hybridized carbons (Fsp3) is 0.211. The molecule has 3 rings (SSSR count). The smallest absolute Gasteiger partial charge is 0.200 e. The summed E-state index contributed by atoms with van der Waals surface area (Å²) in [5, 5.41) is 1.67. The Bertz CT molecular complexity index is 1030. The van der Waals surface area contributed by atoms with Gasteiger partial charge in [0.15, 0.2) is 6.17 Å². The first-order valence-corrected chi connectivity index (χ1v) is 6.45. The van der Waals surface area contributed by atoms with Crippen LogP contribution >= 0.6 is 0 Å². The molecule has 1 nitrogen and oxygen atoms in total. The maximum Gasteiger partial charge on any atom is 0.220 e. The molecule has 100 valence electrons. The lowest BCUT2D eigenvalue weighted by Gasteiger charge is -2.11. The lowest BCUT2D eigenvalue weighted by atomic mass is 9.95. The predicted octanol–water partition coefficient (Wildman–Crippen LogP) is 4.26. The SMILES string of the molecule is [2H]c1cc2ccccc2c(-c2cc(C([2H])([2H])[2H])cc(C([2H])([2H])[2H])c2C)[n+]1C. The molecule has 2 aromatic carbocycles. The van der Waals surface area contributed by atoms with E-state index >= 15 is 0 Å². The molecule has 0 saturated carbocycles. The van der Waals surface area contributed by atoms with Crippen LogP contribution in [0.2, 0.25) is 0 Å². The van der Waals surface area contributed by atoms with Gasteiger partial charge in [-0.25, -0.2) is 4.57 Å². The zero-order chi connectivity index (χ0) is 20.1. The molecule has 1 heteroatoms. The van der Waals surface area contributed by atoms with E-state index in [0.717, 1.165) is 10.8 Å². The van der Waals surface area contributed by atoms with Gasteiger partial charge in [0.25, 0.3) is 0 Å². The highest BCUT2D eigenvalue weighted by Crippen LogP contribution is 2.30. The third-order valence-electron chi connectivity index (χ3n) is 3.63. The molecule has 3 aromatic rings. The average Bonchev–Trinajstić information content (AvgIpc) is 2.55. The van der Waals surface area contributed by atoms with Crippen molar-refractivity contribution < 1.29 is 14.2 Å². The van der Waals surface area contributed by atoms with E-state index < -0.39 is 13.7 Å². The molecule has 0 N–H and O–H groups in total. The van der Waals surface area contributed by atoms with Gasteiger partial charge in [-0.1, -0.05) is 29.8 Å². The van der Waals surface area contributed by atoms with E-state index in [4.69, 9.17) is 9.60 Å². The molecule has 0 aliphatic heterocycles. The summed E-state index contributed by atoms with van der Waals surface area (Å²) in [4.78, 5) is 0. The standard InChI is InChI=1S/C19H20N/c1-13-11-14(2)15(3)18(12-13)19-17-8-6-5-7-16(17)9-10-20(19)4/h5-12H,1-4H3/q+1/i1D3,2D3,10D. The maximum atomic E-state index is 8.26. The first-order chi connectivity index (χ1) is 12.4. The molecule has 0 radical (unpaired) electrons. The molecule has 20 heavy (non-hydrogen) atoms. The van der Waals surface area contributed by atoms with Crippen molar-refractivity contribution in [3.63, 3.8) is 0 Å². The molecule has 1 aromatic heterocycles. The molecular formula is C19H20N+. The summed E-state index contributed by atoms with van der Waals surface area (Å²) in [7, 11) is 1.72. The third kappa shape index (κ3) is 2.00. The van der Waals surface area contributed by atoms with E-state index in [0.29, 0.717) is 16.8 Å². The number of hydrogen-bond acceptors (Lipinski definition) is 0. The van der Waals surface area contributed by atoms with Crippen molar-refractivity contribution in [2.75, 3.05) is 0 Å². The maximum absolute atomic E-state index is 8.26. The topological polar surface area (TPSA) is 3.88 Å². The Labute approximate surface area is 130 Å². The molecule has 0 bridgehead atoms. The van der Waals surface area contributed by atoms with Gasteiger partial charge >= 0.3 is 0 Å². The fourth-order valence-corrected chi connectivity index (χ4v) is 2.54. The second kappa shape index (κ2) is 4.75. The minimum absolute atomic E-state index is 0.0191. The highest BCUT2D eigenvalue weighted by atomic mass is 14.9. The third-order valence-corrected chi connectivity index (χ3v) is 3.63. The van der Waals surface area contributed by atoms with Crippen LogP contribution in [0.4, 0.5) is 0 Å². The van der Waals surface area contributed by atoms with E-state index in [1.165, 1.54) is 12.1 Å². The minimum atomic E-state index is -2.44. The monoisotopic (exact) mass is 269 g/mol. The van der Waals surface area contributed by atoms with Crippen molar-refractivity contribution >= 4 is 10.8 Å². The second-order valence-corrected chi connectivity index (χ2v) is 4.96. The Hall–Kier alpha value is -2.15. The lowest BCUT2D eigenvalue weighted by Crippen LogP contribution is -2.30. The van der Waals surface area contributed by atoms with Crippen LogP contribution in [-0.2, 0) is 7.05 Å². The Balaban J connectivity index is 2.49. The minimum Gasteiger partial charge on any atom is -0.200 e. The van der Waals surface area contributed by atoms with Gasteiger partial charge in [-0.3, -0.25) is 0 Å². The van der Waals surface area contributed by atoms with Crippen LogP contribution in [0.15, 0.2) is 48.6 Å². The zero-order valence-corrected chi connectivity index (χ0v) is 11.5. The van der Waals surface area contributed by atoms with E-state index in [2.05, 4.69) is 0 Å². The molecule has 1 heterocycles. The predicted molar refractivity (Wildman–Crippen MR) is 84.8 cm³/mol. The van der Waals surface area contributed by atoms with Crippen molar-refractivity contribution in [1.29, 1.82) is 0 Å². The van der Waals surface area contributed by atoms with Gasteiger partial charge in [0.05, 0.1) is 10.9 Å². The van der Waals surface area contributed by atoms with Crippen molar-refractivity contribution in [3.8, 4) is 11.3 Å². The summed E-state index contributed by atoms with van der Waals surface area (Å²) in [5.74, 6) is 0. The largest absolute Gasteiger partial charge is 0.220 e. The molecular weight excluding hydrogens is 242 g/mol. The molecule has 0 aliphatic rings. The van der Waals surface area contributed by atoms with Crippen LogP contribution < -0.4 is 4.57 Å². The highest BCUT2D eigenvalue weighted by molar-refractivity contribution is 5.93. The quantitative estimate of drug-likeness (QED) is 0.581. The van der Waals surface area contributed by atoms with Crippen molar-refractivity contribution in [2.45, 2.75) is 20.6 Å². The van der Waals surface area contributed by atoms with Crippen molar-refractivity contribution in [1.82, 2.24) is 0 Å². The molecule has 0 amide bonds. The van der Waals surface area contributed by atoms with Gasteiger partial charge in [0.1, 0.15) is 8.42 Å². The van der Waals surface area contributed by atoms with Crippen molar-refractivity contribution in [3.05, 3.63) is 65.3 Å². The normalized spacial score (nSPS) is 17.4. The van der Waals surface area contributed by atoms with Crippen molar-refractivity contribution in [2.24, 2.45) is 7.05 Å². The number of fused-ring (bicyclic) bond motifs is 1. The van der Waals surface area contributed by atoms with Gasteiger partial charge in [-0.15, -0.1) is 0 Å². The first-order valence-electron chi connectivity index (χ1n) is 9.95. The van der Waals surface area contributed by atoms with Gasteiger partial charge in [0.2, 0.25) is 5.69 Å². The van der Waals surface area contributed by atoms with E-state index in [1.54, 1.807) is 24.6 Å². The summed E-state index contributed by atoms with van der Waals surface area (Å²) >= 11 is 0. The van der Waals surface area contributed by atoms with Crippen LogP contribution in [-0.4, -0.2) is 0 Å². The van der Waals surface area contributed by atoms with Crippen LogP contribution in [0.3, 0.4) is 0 Å². The Morgan fingerprint density at radius 1 is 1.10 bits per heavy atom. The van der Waals surface area contributed by atoms with E-state index in [9.17, 15) is 0 Å². The van der Waals surface area contributed by atoms with E-state index in [1.807, 2.05) is 24.3 Å². The fourth-order valence-electron chi connectivity index (χ4n) is 2.54. The number of rotatable bonds is 1. The first kappa shape index (κ1) is 7.03. The summed E-state index contributed by atoms with van der Waals surface area (Å²) in [6, 6.07) is 12.0. The van der Waals surface area contributed by atoms with Crippen LogP contribution in [0.25, 0.3) is 22.0 Å². The molecule has 0 saturated heterocycles. The summed E-state index contributed by atoms with van der Waals surface area (Å²) < 4.78 is 56.7. The average molecular weight is 269 g/mol. The lowest BCUT2D eigenvalue weighted by molar-refractivity contribution is -0.659. The summed E-state index contributed by atoms with van der Waals surface area (Å²) in [5.41, 5.74) is 1.64. The number of aryl methyl sites for hydroxylation is 2. The zero-order valence-electron chi connectivity index (χ0n) is 18.5. The summed E-state index contributed by atoms with van der Waals surface area (Å²) in [6.45, 7) is -3.19. The van der Waals surface area contributed by atoms with Gasteiger partial charge < -0.3 is 0 Å². The number of hydrogen-bond donors (Lipinski definition) is 0. The molecule has 0 fully saturated rings. The van der Waals surface area contributed by atoms with Crippen LogP contribution in [0.5, 0.6) is 0 Å². The Kier molecular flexibility index (Phi) is 1.67. The van der Waals surface area contributed by atoms with Gasteiger partial charge in [-0.2, -0.15) is 0 Å². The second-order valence-electron chi connectivity index (χ2n) is 4.96. The Morgan fingerprint density at radius 3 is 2.75 bits per heavy atom. The van der Waals surface area contributed by atoms with Crippen LogP contribution in [0.1, 0.15) is 26.3 Å². The van der Waals surface area contributed by atoms with Crippen LogP contribution in [0, 0.1) is 20.6 Å². The number of benzene rings is 2. The summed E-state index contributed by atoms with van der Waals surface area (Å²) in [6.07, 6.45) is 0.248. The number of nitrogens with zero attached hydrogens (tertiary/aromatic N) is 1. The highest BCUT2D eigenvalue weighted by Gasteiger charge is 2.17. The molecule has 0 unspecified atom stereocenters. The van der Waals surface area contributed by atoms with Gasteiger partial charge in [-0.05, 0) is 49.3 Å². The Morgan fingerprint density at radius 2 is 1.95 bits per heavy atom. The van der Waals surface area contributed by atoms with E-state index in [-0.39, 0.29) is 17.3 Å². The number of aromatic nitrogens is 1.